The average Bonchev–Trinajstić information content (AvgIpc) is 2.85. The van der Waals surface area contributed by atoms with E-state index >= 15 is 0 Å². The maximum absolute atomic E-state index is 12.8. The number of benzene rings is 1. The Hall–Kier alpha value is -2.70. The van der Waals surface area contributed by atoms with Crippen molar-refractivity contribution in [2.24, 2.45) is 0 Å². The molecule has 2 heterocycles. The van der Waals surface area contributed by atoms with E-state index in [1.54, 1.807) is 13.8 Å². The Morgan fingerprint density at radius 1 is 1.27 bits per heavy atom. The lowest BCUT2D eigenvalue weighted by molar-refractivity contribution is 0.294. The first kappa shape index (κ1) is 14.2. The molecule has 3 aromatic rings. The molecule has 0 aliphatic heterocycles. The van der Waals surface area contributed by atoms with Gasteiger partial charge < -0.3 is 9.26 Å². The molecule has 0 aliphatic carbocycles. The summed E-state index contributed by atoms with van der Waals surface area (Å²) < 4.78 is 24.8. The predicted octanol–water partition coefficient (Wildman–Crippen LogP) is 2.22. The first-order valence-electron chi connectivity index (χ1n) is 6.78. The van der Waals surface area contributed by atoms with Gasteiger partial charge in [0.15, 0.2) is 0 Å². The molecule has 0 saturated carbocycles. The molecule has 0 atom stereocenters. The van der Waals surface area contributed by atoms with Gasteiger partial charge in [0.05, 0.1) is 12.2 Å². The minimum atomic E-state index is -0.322. The van der Waals surface area contributed by atoms with E-state index in [1.165, 1.54) is 28.8 Å². The van der Waals surface area contributed by atoms with Gasteiger partial charge in [-0.15, -0.1) is 0 Å². The monoisotopic (exact) mass is 303 g/mol. The number of hydrogen-bond donors (Lipinski definition) is 0. The largest absolute Gasteiger partial charge is 0.492 e. The summed E-state index contributed by atoms with van der Waals surface area (Å²) in [5.74, 6) is 0.746. The molecular formula is C15H14FN3O3. The Bertz CT molecular complexity index is 868. The SMILES string of the molecule is Cc1noc2nc(C)n(CCOc3ccc(F)cc3)c(=O)c12. The lowest BCUT2D eigenvalue weighted by Gasteiger charge is -2.10. The molecule has 0 N–H and O–H groups in total. The fraction of sp³-hybridized carbons (Fsp3) is 0.267. The van der Waals surface area contributed by atoms with Gasteiger partial charge in [0.1, 0.15) is 29.4 Å². The lowest BCUT2D eigenvalue weighted by Crippen LogP contribution is -2.26. The van der Waals surface area contributed by atoms with Crippen molar-refractivity contribution in [3.63, 3.8) is 0 Å². The van der Waals surface area contributed by atoms with Crippen LogP contribution in [0.3, 0.4) is 0 Å². The first-order chi connectivity index (χ1) is 10.6. The summed E-state index contributed by atoms with van der Waals surface area (Å²) in [4.78, 5) is 16.7. The molecule has 7 heteroatoms. The molecule has 0 unspecified atom stereocenters. The normalized spacial score (nSPS) is 11.0. The second-order valence-corrected chi connectivity index (χ2v) is 4.87. The maximum Gasteiger partial charge on any atom is 0.266 e. The number of hydrogen-bond acceptors (Lipinski definition) is 5. The fourth-order valence-electron chi connectivity index (χ4n) is 2.22. The third kappa shape index (κ3) is 2.57. The molecule has 3 rings (SSSR count). The summed E-state index contributed by atoms with van der Waals surface area (Å²) in [7, 11) is 0. The minimum absolute atomic E-state index is 0.205. The smallest absolute Gasteiger partial charge is 0.266 e. The van der Waals surface area contributed by atoms with Crippen molar-refractivity contribution in [2.45, 2.75) is 20.4 Å². The number of fused-ring (bicyclic) bond motifs is 1. The van der Waals surface area contributed by atoms with Gasteiger partial charge in [-0.3, -0.25) is 9.36 Å². The van der Waals surface area contributed by atoms with Crippen molar-refractivity contribution in [1.29, 1.82) is 0 Å². The van der Waals surface area contributed by atoms with Crippen molar-refractivity contribution in [1.82, 2.24) is 14.7 Å². The van der Waals surface area contributed by atoms with Crippen LogP contribution in [0.15, 0.2) is 33.6 Å². The molecule has 0 bridgehead atoms. The van der Waals surface area contributed by atoms with E-state index in [-0.39, 0.29) is 23.7 Å². The van der Waals surface area contributed by atoms with E-state index < -0.39 is 0 Å². The van der Waals surface area contributed by atoms with Gasteiger partial charge in [-0.2, -0.15) is 4.98 Å². The Balaban J connectivity index is 1.80. The zero-order valence-corrected chi connectivity index (χ0v) is 12.2. The van der Waals surface area contributed by atoms with E-state index in [9.17, 15) is 9.18 Å². The lowest BCUT2D eigenvalue weighted by atomic mass is 10.3. The van der Waals surface area contributed by atoms with Crippen molar-refractivity contribution in [3.05, 3.63) is 52.0 Å². The van der Waals surface area contributed by atoms with Crippen LogP contribution >= 0.6 is 0 Å². The Morgan fingerprint density at radius 3 is 2.73 bits per heavy atom. The molecule has 0 amide bonds. The second-order valence-electron chi connectivity index (χ2n) is 4.87. The third-order valence-electron chi connectivity index (χ3n) is 3.35. The highest BCUT2D eigenvalue weighted by molar-refractivity contribution is 5.74. The summed E-state index contributed by atoms with van der Waals surface area (Å²) >= 11 is 0. The van der Waals surface area contributed by atoms with Crippen LogP contribution in [0, 0.1) is 19.7 Å². The van der Waals surface area contributed by atoms with Crippen LogP contribution in [0.4, 0.5) is 4.39 Å². The van der Waals surface area contributed by atoms with Gasteiger partial charge >= 0.3 is 0 Å². The summed E-state index contributed by atoms with van der Waals surface area (Å²) in [6, 6.07) is 5.72. The molecule has 0 saturated heterocycles. The Labute approximate surface area is 125 Å². The number of rotatable bonds is 4. The molecule has 0 fully saturated rings. The van der Waals surface area contributed by atoms with Gasteiger partial charge in [0, 0.05) is 0 Å². The highest BCUT2D eigenvalue weighted by Gasteiger charge is 2.14. The number of aromatic nitrogens is 3. The van der Waals surface area contributed by atoms with Gasteiger partial charge in [0.2, 0.25) is 0 Å². The molecule has 114 valence electrons. The Morgan fingerprint density at radius 2 is 2.00 bits per heavy atom. The molecule has 1 aromatic carbocycles. The molecule has 0 spiro atoms. The van der Waals surface area contributed by atoms with Crippen molar-refractivity contribution in [2.75, 3.05) is 6.61 Å². The van der Waals surface area contributed by atoms with Gasteiger partial charge in [0.25, 0.3) is 11.3 Å². The van der Waals surface area contributed by atoms with Crippen LogP contribution in [0.2, 0.25) is 0 Å². The van der Waals surface area contributed by atoms with Crippen LogP contribution in [-0.4, -0.2) is 21.3 Å². The van der Waals surface area contributed by atoms with Crippen molar-refractivity contribution >= 4 is 11.1 Å². The zero-order chi connectivity index (χ0) is 15.7. The van der Waals surface area contributed by atoms with Gasteiger partial charge in [-0.1, -0.05) is 5.16 Å². The maximum atomic E-state index is 12.8. The van der Waals surface area contributed by atoms with Gasteiger partial charge in [-0.25, -0.2) is 4.39 Å². The molecule has 22 heavy (non-hydrogen) atoms. The average molecular weight is 303 g/mol. The van der Waals surface area contributed by atoms with Crippen molar-refractivity contribution < 1.29 is 13.7 Å². The number of aryl methyl sites for hydroxylation is 2. The topological polar surface area (TPSA) is 70.2 Å². The predicted molar refractivity (Wildman–Crippen MR) is 77.4 cm³/mol. The molecule has 0 radical (unpaired) electrons. The number of nitrogens with zero attached hydrogens (tertiary/aromatic N) is 3. The highest BCUT2D eigenvalue weighted by Crippen LogP contribution is 2.13. The molecule has 2 aromatic heterocycles. The van der Waals surface area contributed by atoms with Crippen LogP contribution in [0.5, 0.6) is 5.75 Å². The summed E-state index contributed by atoms with van der Waals surface area (Å²) in [5.41, 5.74) is 0.556. The standard InChI is InChI=1S/C15H14FN3O3/c1-9-13-14(22-18-9)17-10(2)19(15(13)20)7-8-21-12-5-3-11(16)4-6-12/h3-6H,7-8H2,1-2H3. The van der Waals surface area contributed by atoms with E-state index in [1.807, 2.05) is 0 Å². The Kier molecular flexibility index (Phi) is 3.62. The quantitative estimate of drug-likeness (QED) is 0.739. The second kappa shape index (κ2) is 5.59. The van der Waals surface area contributed by atoms with E-state index in [0.717, 1.165) is 0 Å². The van der Waals surface area contributed by atoms with E-state index in [0.29, 0.717) is 29.2 Å². The van der Waals surface area contributed by atoms with Crippen LogP contribution in [-0.2, 0) is 6.54 Å². The van der Waals surface area contributed by atoms with Crippen LogP contribution in [0.1, 0.15) is 11.5 Å². The molecular weight excluding hydrogens is 289 g/mol. The number of halogens is 1. The molecule has 0 aliphatic rings. The zero-order valence-electron chi connectivity index (χ0n) is 12.2. The summed E-state index contributed by atoms with van der Waals surface area (Å²) in [6.45, 7) is 4.01. The highest BCUT2D eigenvalue weighted by atomic mass is 19.1. The fourth-order valence-corrected chi connectivity index (χ4v) is 2.22. The van der Waals surface area contributed by atoms with E-state index in [4.69, 9.17) is 9.26 Å². The third-order valence-corrected chi connectivity index (χ3v) is 3.35. The van der Waals surface area contributed by atoms with Crippen molar-refractivity contribution in [3.8, 4) is 5.75 Å². The van der Waals surface area contributed by atoms with Crippen LogP contribution < -0.4 is 10.3 Å². The molecule has 6 nitrogen and oxygen atoms in total. The minimum Gasteiger partial charge on any atom is -0.492 e. The van der Waals surface area contributed by atoms with Crippen LogP contribution in [0.25, 0.3) is 11.1 Å². The first-order valence-corrected chi connectivity index (χ1v) is 6.78. The summed E-state index contributed by atoms with van der Waals surface area (Å²) in [5, 5.41) is 4.14. The van der Waals surface area contributed by atoms with E-state index in [2.05, 4.69) is 10.1 Å². The van der Waals surface area contributed by atoms with Gasteiger partial charge in [-0.05, 0) is 38.1 Å². The number of ether oxygens (including phenoxy) is 1. The summed E-state index contributed by atoms with van der Waals surface area (Å²) in [6.07, 6.45) is 0.